The second-order valence-electron chi connectivity index (χ2n) is 10.0. The van der Waals surface area contributed by atoms with E-state index in [1.807, 2.05) is 26.0 Å². The maximum Gasteiger partial charge on any atom is 0.407 e. The van der Waals surface area contributed by atoms with Crippen LogP contribution in [-0.2, 0) is 11.3 Å². The molecule has 2 amide bonds. The van der Waals surface area contributed by atoms with Crippen LogP contribution < -0.4 is 5.32 Å². The summed E-state index contributed by atoms with van der Waals surface area (Å²) in [5.74, 6) is 0.195. The predicted molar refractivity (Wildman–Crippen MR) is 136 cm³/mol. The van der Waals surface area contributed by atoms with Crippen LogP contribution in [0.3, 0.4) is 0 Å². The predicted octanol–water partition coefficient (Wildman–Crippen LogP) is 4.17. The van der Waals surface area contributed by atoms with Gasteiger partial charge < -0.3 is 15.3 Å². The van der Waals surface area contributed by atoms with Crippen molar-refractivity contribution in [1.29, 1.82) is 0 Å². The van der Waals surface area contributed by atoms with E-state index >= 15 is 0 Å². The summed E-state index contributed by atoms with van der Waals surface area (Å²) in [4.78, 5) is 38.7. The van der Waals surface area contributed by atoms with Gasteiger partial charge in [-0.25, -0.2) is 9.78 Å². The fourth-order valence-corrected chi connectivity index (χ4v) is 4.63. The van der Waals surface area contributed by atoms with E-state index < -0.39 is 6.09 Å². The second kappa shape index (κ2) is 9.88. The van der Waals surface area contributed by atoms with Crippen LogP contribution >= 0.6 is 0 Å². The first-order valence-electron chi connectivity index (χ1n) is 11.8. The molecule has 4 heterocycles. The number of hydrogen-bond donors (Lipinski definition) is 2. The standard InChI is InChI=1S/C26H31N7O3/c1-16-24(18-8-11-32(25(35)36)21(12-18)26(3,4)5)17(2)33(31-16)15-23(34)30-22-7-6-19(13-29-22)20-14-27-9-10-28-20/h6-10,13-14,21H,11-12,15H2,1-5H3,(H,35,36)(H,29,30,34). The monoisotopic (exact) mass is 489 g/mol. The maximum absolute atomic E-state index is 12.8. The molecule has 188 valence electrons. The molecule has 1 unspecified atom stereocenters. The van der Waals surface area contributed by atoms with Gasteiger partial charge in [0.05, 0.1) is 17.6 Å². The van der Waals surface area contributed by atoms with Crippen LogP contribution in [0, 0.1) is 19.3 Å². The fraction of sp³-hybridized carbons (Fsp3) is 0.385. The molecule has 0 aromatic carbocycles. The summed E-state index contributed by atoms with van der Waals surface area (Å²) in [6.45, 7) is 10.4. The number of anilines is 1. The van der Waals surface area contributed by atoms with Gasteiger partial charge >= 0.3 is 6.09 Å². The number of aromatic nitrogens is 5. The summed E-state index contributed by atoms with van der Waals surface area (Å²) in [6.07, 6.45) is 8.15. The zero-order chi connectivity index (χ0) is 26.0. The minimum Gasteiger partial charge on any atom is -0.465 e. The van der Waals surface area contributed by atoms with Crippen molar-refractivity contribution in [3.05, 3.63) is 59.9 Å². The van der Waals surface area contributed by atoms with E-state index in [1.54, 1.807) is 35.5 Å². The van der Waals surface area contributed by atoms with Crippen molar-refractivity contribution in [3.8, 4) is 11.3 Å². The summed E-state index contributed by atoms with van der Waals surface area (Å²) in [7, 11) is 0. The van der Waals surface area contributed by atoms with Crippen LogP contribution in [-0.4, -0.2) is 59.3 Å². The third-order valence-corrected chi connectivity index (χ3v) is 6.46. The highest BCUT2D eigenvalue weighted by molar-refractivity contribution is 5.89. The van der Waals surface area contributed by atoms with E-state index in [-0.39, 0.29) is 23.9 Å². The Balaban J connectivity index is 1.48. The van der Waals surface area contributed by atoms with Gasteiger partial charge in [0.2, 0.25) is 5.91 Å². The Morgan fingerprint density at radius 3 is 2.53 bits per heavy atom. The number of carbonyl (C=O) groups excluding carboxylic acids is 1. The lowest BCUT2D eigenvalue weighted by Gasteiger charge is -2.41. The van der Waals surface area contributed by atoms with Gasteiger partial charge in [0.25, 0.3) is 0 Å². The van der Waals surface area contributed by atoms with Crippen LogP contribution in [0.1, 0.15) is 44.1 Å². The number of carbonyl (C=O) groups is 2. The van der Waals surface area contributed by atoms with Crippen LogP contribution in [0.25, 0.3) is 16.8 Å². The lowest BCUT2D eigenvalue weighted by molar-refractivity contribution is -0.117. The first-order chi connectivity index (χ1) is 17.0. The largest absolute Gasteiger partial charge is 0.465 e. The quantitative estimate of drug-likeness (QED) is 0.551. The van der Waals surface area contributed by atoms with Crippen molar-refractivity contribution >= 4 is 23.4 Å². The van der Waals surface area contributed by atoms with Gasteiger partial charge in [-0.15, -0.1) is 0 Å². The molecule has 3 aromatic heterocycles. The average Bonchev–Trinajstić information content (AvgIpc) is 3.11. The molecular weight excluding hydrogens is 458 g/mol. The Kier molecular flexibility index (Phi) is 6.87. The number of carboxylic acid groups (broad SMARTS) is 1. The lowest BCUT2D eigenvalue weighted by atomic mass is 9.78. The molecule has 36 heavy (non-hydrogen) atoms. The van der Waals surface area contributed by atoms with E-state index in [4.69, 9.17) is 0 Å². The third-order valence-electron chi connectivity index (χ3n) is 6.46. The van der Waals surface area contributed by atoms with Crippen LogP contribution in [0.15, 0.2) is 43.0 Å². The molecule has 10 nitrogen and oxygen atoms in total. The number of rotatable bonds is 5. The molecular formula is C26H31N7O3. The Morgan fingerprint density at radius 2 is 1.92 bits per heavy atom. The van der Waals surface area contributed by atoms with E-state index in [2.05, 4.69) is 46.1 Å². The highest BCUT2D eigenvalue weighted by atomic mass is 16.4. The SMILES string of the molecule is Cc1nn(CC(=O)Nc2ccc(-c3cnccn3)cn2)c(C)c1C1=CCN(C(=O)O)C(C(C)(C)C)C1. The minimum absolute atomic E-state index is 0.0392. The van der Waals surface area contributed by atoms with E-state index in [0.717, 1.165) is 28.1 Å². The Morgan fingerprint density at radius 1 is 1.14 bits per heavy atom. The normalized spacial score (nSPS) is 16.0. The fourth-order valence-electron chi connectivity index (χ4n) is 4.63. The minimum atomic E-state index is -0.913. The highest BCUT2D eigenvalue weighted by Gasteiger charge is 2.37. The molecule has 1 aliphatic heterocycles. The van der Waals surface area contributed by atoms with Gasteiger partial charge in [0, 0.05) is 48.0 Å². The number of pyridine rings is 1. The molecule has 0 aliphatic carbocycles. The number of aryl methyl sites for hydroxylation is 1. The van der Waals surface area contributed by atoms with Crippen LogP contribution in [0.5, 0.6) is 0 Å². The van der Waals surface area contributed by atoms with Crippen molar-refractivity contribution in [2.45, 2.75) is 53.6 Å². The van der Waals surface area contributed by atoms with E-state index in [1.165, 1.54) is 4.90 Å². The molecule has 1 aliphatic rings. The Bertz CT molecular complexity index is 1290. The van der Waals surface area contributed by atoms with Gasteiger partial charge in [-0.3, -0.25) is 19.4 Å². The van der Waals surface area contributed by atoms with Crippen molar-refractivity contribution in [1.82, 2.24) is 29.6 Å². The summed E-state index contributed by atoms with van der Waals surface area (Å²) in [5, 5.41) is 17.1. The molecule has 3 aromatic rings. The number of amides is 2. The number of nitrogens with zero attached hydrogens (tertiary/aromatic N) is 6. The van der Waals surface area contributed by atoms with Gasteiger partial charge in [-0.2, -0.15) is 5.10 Å². The molecule has 0 saturated carbocycles. The number of nitrogens with one attached hydrogen (secondary N) is 1. The first kappa shape index (κ1) is 25.0. The van der Waals surface area contributed by atoms with Crippen molar-refractivity contribution in [2.24, 2.45) is 5.41 Å². The summed E-state index contributed by atoms with van der Waals surface area (Å²) in [5.41, 5.74) is 5.02. The summed E-state index contributed by atoms with van der Waals surface area (Å²) >= 11 is 0. The van der Waals surface area contributed by atoms with Crippen LogP contribution in [0.4, 0.5) is 10.6 Å². The molecule has 0 bridgehead atoms. The Labute approximate surface area is 210 Å². The van der Waals surface area contributed by atoms with Gasteiger partial charge in [0.15, 0.2) is 0 Å². The molecule has 0 radical (unpaired) electrons. The second-order valence-corrected chi connectivity index (χ2v) is 10.0. The molecule has 2 N–H and O–H groups in total. The van der Waals surface area contributed by atoms with Crippen molar-refractivity contribution in [2.75, 3.05) is 11.9 Å². The van der Waals surface area contributed by atoms with E-state index in [0.29, 0.717) is 24.5 Å². The third kappa shape index (κ3) is 5.27. The van der Waals surface area contributed by atoms with Gasteiger partial charge in [-0.05, 0) is 43.4 Å². The van der Waals surface area contributed by atoms with Crippen molar-refractivity contribution < 1.29 is 14.7 Å². The topological polar surface area (TPSA) is 126 Å². The molecule has 10 heteroatoms. The highest BCUT2D eigenvalue weighted by Crippen LogP contribution is 2.37. The molecule has 1 atom stereocenters. The number of hydrogen-bond acceptors (Lipinski definition) is 6. The zero-order valence-electron chi connectivity index (χ0n) is 21.2. The first-order valence-corrected chi connectivity index (χ1v) is 11.8. The molecule has 0 fully saturated rings. The van der Waals surface area contributed by atoms with Gasteiger partial charge in [0.1, 0.15) is 12.4 Å². The van der Waals surface area contributed by atoms with Crippen molar-refractivity contribution in [3.63, 3.8) is 0 Å². The zero-order valence-corrected chi connectivity index (χ0v) is 21.2. The summed E-state index contributed by atoms with van der Waals surface area (Å²) < 4.78 is 1.68. The summed E-state index contributed by atoms with van der Waals surface area (Å²) in [6, 6.07) is 3.40. The molecule has 0 spiro atoms. The lowest BCUT2D eigenvalue weighted by Crippen LogP contribution is -2.48. The maximum atomic E-state index is 12.8. The average molecular weight is 490 g/mol. The molecule has 0 saturated heterocycles. The molecule has 4 rings (SSSR count). The Hall–Kier alpha value is -4.08. The van der Waals surface area contributed by atoms with Crippen LogP contribution in [0.2, 0.25) is 0 Å². The smallest absolute Gasteiger partial charge is 0.407 e. The van der Waals surface area contributed by atoms with Gasteiger partial charge in [-0.1, -0.05) is 26.8 Å². The van der Waals surface area contributed by atoms with E-state index in [9.17, 15) is 14.7 Å².